The van der Waals surface area contributed by atoms with E-state index in [1.54, 1.807) is 23.8 Å². The van der Waals surface area contributed by atoms with Gasteiger partial charge in [0.15, 0.2) is 0 Å². The minimum atomic E-state index is -4.38. The number of aromatic nitrogens is 1. The smallest absolute Gasteiger partial charge is 0.393 e. The van der Waals surface area contributed by atoms with Gasteiger partial charge in [-0.3, -0.25) is 0 Å². The lowest BCUT2D eigenvalue weighted by atomic mass is 10.0. The Morgan fingerprint density at radius 3 is 2.35 bits per heavy atom. The normalized spacial score (nSPS) is 14.2. The van der Waals surface area contributed by atoms with E-state index in [0.29, 0.717) is 11.8 Å². The maximum atomic E-state index is 13.2. The molecule has 5 heteroatoms. The maximum absolute atomic E-state index is 13.2. The SMILES string of the molecule is CC(O)Cc1cn(C(C)C)c2c(C(F)(F)F)cccc12. The molecular weight excluding hydrogens is 267 g/mol. The van der Waals surface area contributed by atoms with Crippen LogP contribution in [-0.2, 0) is 12.6 Å². The van der Waals surface area contributed by atoms with E-state index in [0.717, 1.165) is 11.6 Å². The molecule has 20 heavy (non-hydrogen) atoms. The molecule has 1 atom stereocenters. The zero-order chi connectivity index (χ0) is 15.1. The quantitative estimate of drug-likeness (QED) is 0.899. The van der Waals surface area contributed by atoms with E-state index < -0.39 is 17.8 Å². The van der Waals surface area contributed by atoms with Gasteiger partial charge in [0.25, 0.3) is 0 Å². The summed E-state index contributed by atoms with van der Waals surface area (Å²) in [4.78, 5) is 0. The molecule has 2 nitrogen and oxygen atoms in total. The molecule has 2 aromatic rings. The molecule has 0 saturated carbocycles. The molecule has 0 fully saturated rings. The Morgan fingerprint density at radius 1 is 1.20 bits per heavy atom. The zero-order valence-electron chi connectivity index (χ0n) is 11.7. The molecule has 1 aromatic carbocycles. The molecule has 0 saturated heterocycles. The van der Waals surface area contributed by atoms with Gasteiger partial charge in [-0.1, -0.05) is 12.1 Å². The molecule has 0 aliphatic rings. The highest BCUT2D eigenvalue weighted by atomic mass is 19.4. The lowest BCUT2D eigenvalue weighted by molar-refractivity contribution is -0.136. The Labute approximate surface area is 115 Å². The van der Waals surface area contributed by atoms with Crippen LogP contribution in [0, 0.1) is 0 Å². The van der Waals surface area contributed by atoms with Crippen molar-refractivity contribution in [1.82, 2.24) is 4.57 Å². The molecule has 0 aliphatic heterocycles. The number of aliphatic hydroxyl groups is 1. The number of hydrogen-bond acceptors (Lipinski definition) is 1. The third-order valence-electron chi connectivity index (χ3n) is 3.31. The van der Waals surface area contributed by atoms with Gasteiger partial charge in [-0.2, -0.15) is 13.2 Å². The molecule has 0 aliphatic carbocycles. The van der Waals surface area contributed by atoms with Crippen LogP contribution in [0.4, 0.5) is 13.2 Å². The van der Waals surface area contributed by atoms with Gasteiger partial charge in [-0.25, -0.2) is 0 Å². The van der Waals surface area contributed by atoms with E-state index in [9.17, 15) is 18.3 Å². The molecule has 2 rings (SSSR count). The van der Waals surface area contributed by atoms with Crippen LogP contribution < -0.4 is 0 Å². The lowest BCUT2D eigenvalue weighted by Crippen LogP contribution is -2.09. The first-order valence-corrected chi connectivity index (χ1v) is 6.59. The number of fused-ring (bicyclic) bond motifs is 1. The Hall–Kier alpha value is -1.49. The van der Waals surface area contributed by atoms with Crippen LogP contribution in [0.3, 0.4) is 0 Å². The molecule has 0 radical (unpaired) electrons. The highest BCUT2D eigenvalue weighted by Crippen LogP contribution is 2.37. The first-order valence-electron chi connectivity index (χ1n) is 6.59. The van der Waals surface area contributed by atoms with Gasteiger partial charge in [0.2, 0.25) is 0 Å². The molecule has 1 aromatic heterocycles. The van der Waals surface area contributed by atoms with Crippen LogP contribution in [0.25, 0.3) is 10.9 Å². The van der Waals surface area contributed by atoms with E-state index in [1.165, 1.54) is 6.07 Å². The van der Waals surface area contributed by atoms with Crippen molar-refractivity contribution >= 4 is 10.9 Å². The monoisotopic (exact) mass is 285 g/mol. The topological polar surface area (TPSA) is 25.2 Å². The Kier molecular flexibility index (Phi) is 3.82. The van der Waals surface area contributed by atoms with Crippen molar-refractivity contribution in [3.05, 3.63) is 35.5 Å². The molecule has 1 unspecified atom stereocenters. The van der Waals surface area contributed by atoms with E-state index in [-0.39, 0.29) is 11.6 Å². The summed E-state index contributed by atoms with van der Waals surface area (Å²) in [6.45, 7) is 5.32. The second-order valence-corrected chi connectivity index (χ2v) is 5.41. The Balaban J connectivity index is 2.76. The van der Waals surface area contributed by atoms with Gasteiger partial charge in [0, 0.05) is 24.0 Å². The minimum Gasteiger partial charge on any atom is -0.393 e. The van der Waals surface area contributed by atoms with E-state index >= 15 is 0 Å². The summed E-state index contributed by atoms with van der Waals surface area (Å²) in [6.07, 6.45) is -2.91. The highest BCUT2D eigenvalue weighted by Gasteiger charge is 2.34. The average molecular weight is 285 g/mol. The predicted molar refractivity (Wildman–Crippen MR) is 72.7 cm³/mol. The largest absolute Gasteiger partial charge is 0.418 e. The highest BCUT2D eigenvalue weighted by molar-refractivity contribution is 5.87. The standard InChI is InChI=1S/C15H18F3NO/c1-9(2)19-8-11(7-10(3)20)12-5-4-6-13(14(12)19)15(16,17)18/h4-6,8-10,20H,7H2,1-3H3. The predicted octanol–water partition coefficient (Wildman–Crippen LogP) is 4.16. The molecule has 0 bridgehead atoms. The third kappa shape index (κ3) is 2.68. The van der Waals surface area contributed by atoms with Crippen LogP contribution in [0.5, 0.6) is 0 Å². The van der Waals surface area contributed by atoms with Crippen molar-refractivity contribution in [2.24, 2.45) is 0 Å². The van der Waals surface area contributed by atoms with E-state index in [1.807, 2.05) is 13.8 Å². The third-order valence-corrected chi connectivity index (χ3v) is 3.31. The van der Waals surface area contributed by atoms with Crippen molar-refractivity contribution in [2.75, 3.05) is 0 Å². The van der Waals surface area contributed by atoms with Crippen LogP contribution in [0.1, 0.15) is 37.9 Å². The molecule has 110 valence electrons. The molecule has 0 spiro atoms. The lowest BCUT2D eigenvalue weighted by Gasteiger charge is -2.14. The van der Waals surface area contributed by atoms with Gasteiger partial charge in [0.1, 0.15) is 0 Å². The summed E-state index contributed by atoms with van der Waals surface area (Å²) in [5.41, 5.74) is 0.320. The summed E-state index contributed by atoms with van der Waals surface area (Å²) in [7, 11) is 0. The fourth-order valence-electron chi connectivity index (χ4n) is 2.50. The molecular formula is C15H18F3NO. The van der Waals surface area contributed by atoms with Crippen LogP contribution >= 0.6 is 0 Å². The number of hydrogen-bond donors (Lipinski definition) is 1. The van der Waals surface area contributed by atoms with Crippen LogP contribution in [-0.4, -0.2) is 15.8 Å². The molecule has 1 heterocycles. The fraction of sp³-hybridized carbons (Fsp3) is 0.467. The van der Waals surface area contributed by atoms with Gasteiger partial charge in [-0.05, 0) is 32.4 Å². The number of halogens is 3. The van der Waals surface area contributed by atoms with E-state index in [2.05, 4.69) is 0 Å². The molecule has 1 N–H and O–H groups in total. The van der Waals surface area contributed by atoms with Crippen LogP contribution in [0.15, 0.2) is 24.4 Å². The summed E-state index contributed by atoms with van der Waals surface area (Å²) >= 11 is 0. The summed E-state index contributed by atoms with van der Waals surface area (Å²) < 4.78 is 41.1. The van der Waals surface area contributed by atoms with Gasteiger partial charge in [0.05, 0.1) is 17.2 Å². The Morgan fingerprint density at radius 2 is 1.85 bits per heavy atom. The summed E-state index contributed by atoms with van der Waals surface area (Å²) in [5.74, 6) is 0. The summed E-state index contributed by atoms with van der Waals surface area (Å²) in [6, 6.07) is 4.12. The number of aliphatic hydroxyl groups excluding tert-OH is 1. The number of alkyl halides is 3. The molecule has 0 amide bonds. The number of rotatable bonds is 3. The number of nitrogens with zero attached hydrogens (tertiary/aromatic N) is 1. The van der Waals surface area contributed by atoms with E-state index in [4.69, 9.17) is 0 Å². The van der Waals surface area contributed by atoms with Gasteiger partial charge < -0.3 is 9.67 Å². The Bertz CT molecular complexity index is 611. The number of para-hydroxylation sites is 1. The second kappa shape index (κ2) is 5.13. The second-order valence-electron chi connectivity index (χ2n) is 5.41. The van der Waals surface area contributed by atoms with Crippen molar-refractivity contribution in [2.45, 2.75) is 45.5 Å². The first-order chi connectivity index (χ1) is 9.21. The zero-order valence-corrected chi connectivity index (χ0v) is 11.7. The van der Waals surface area contributed by atoms with Crippen molar-refractivity contribution < 1.29 is 18.3 Å². The van der Waals surface area contributed by atoms with Gasteiger partial charge >= 0.3 is 6.18 Å². The first kappa shape index (κ1) is 14.9. The van der Waals surface area contributed by atoms with Crippen molar-refractivity contribution in [3.8, 4) is 0 Å². The maximum Gasteiger partial charge on any atom is 0.418 e. The van der Waals surface area contributed by atoms with Gasteiger partial charge in [-0.15, -0.1) is 0 Å². The average Bonchev–Trinajstić information content (AvgIpc) is 2.66. The fourth-order valence-corrected chi connectivity index (χ4v) is 2.50. The van der Waals surface area contributed by atoms with Crippen molar-refractivity contribution in [1.29, 1.82) is 0 Å². The van der Waals surface area contributed by atoms with Crippen molar-refractivity contribution in [3.63, 3.8) is 0 Å². The minimum absolute atomic E-state index is 0.0799. The summed E-state index contributed by atoms with van der Waals surface area (Å²) in [5, 5.41) is 10.1. The number of benzene rings is 1. The van der Waals surface area contributed by atoms with Crippen LogP contribution in [0.2, 0.25) is 0 Å².